The number of nitrogens with zero attached hydrogens (tertiary/aromatic N) is 4. The number of anilines is 1. The van der Waals surface area contributed by atoms with Crippen LogP contribution in [-0.4, -0.2) is 26.3 Å². The zero-order valence-corrected chi connectivity index (χ0v) is 11.8. The molecule has 3 rings (SSSR count). The Balaban J connectivity index is 1.68. The van der Waals surface area contributed by atoms with Crippen molar-refractivity contribution in [1.82, 2.24) is 19.7 Å². The van der Waals surface area contributed by atoms with E-state index in [1.807, 2.05) is 10.9 Å². The summed E-state index contributed by atoms with van der Waals surface area (Å²) >= 11 is 9.15. The number of nitrogens with one attached hydrogen (secondary N) is 1. The fourth-order valence-electron chi connectivity index (χ4n) is 1.84. The molecule has 1 fully saturated rings. The van der Waals surface area contributed by atoms with Crippen LogP contribution in [0.2, 0.25) is 5.02 Å². The first-order valence-electron chi connectivity index (χ1n) is 5.60. The van der Waals surface area contributed by atoms with Gasteiger partial charge >= 0.3 is 0 Å². The minimum atomic E-state index is 0.0645. The molecule has 94 valence electrons. The Morgan fingerprint density at radius 2 is 2.06 bits per heavy atom. The maximum absolute atomic E-state index is 5.74. The van der Waals surface area contributed by atoms with Crippen molar-refractivity contribution in [2.24, 2.45) is 0 Å². The van der Waals surface area contributed by atoms with Gasteiger partial charge in [0.05, 0.1) is 33.6 Å². The molecule has 5 nitrogen and oxygen atoms in total. The Kier molecular flexibility index (Phi) is 2.99. The van der Waals surface area contributed by atoms with Crippen LogP contribution in [0.4, 0.5) is 5.95 Å². The molecule has 2 heterocycles. The maximum atomic E-state index is 5.74. The van der Waals surface area contributed by atoms with E-state index in [0.717, 1.165) is 23.9 Å². The minimum absolute atomic E-state index is 0.0645. The molecule has 0 aromatic carbocycles. The normalized spacial score (nSPS) is 16.6. The van der Waals surface area contributed by atoms with Gasteiger partial charge in [0.25, 0.3) is 0 Å². The van der Waals surface area contributed by atoms with Crippen LogP contribution in [0.1, 0.15) is 12.8 Å². The molecule has 1 N–H and O–H groups in total. The lowest BCUT2D eigenvalue weighted by Gasteiger charge is -2.16. The van der Waals surface area contributed by atoms with Crippen molar-refractivity contribution < 1.29 is 0 Å². The number of rotatable bonds is 4. The van der Waals surface area contributed by atoms with Gasteiger partial charge in [-0.3, -0.25) is 4.68 Å². The van der Waals surface area contributed by atoms with Crippen molar-refractivity contribution in [1.29, 1.82) is 0 Å². The first-order valence-corrected chi connectivity index (χ1v) is 6.77. The minimum Gasteiger partial charge on any atom is -0.352 e. The topological polar surface area (TPSA) is 55.6 Å². The highest BCUT2D eigenvalue weighted by molar-refractivity contribution is 9.10. The Labute approximate surface area is 118 Å². The average Bonchev–Trinajstić information content (AvgIpc) is 3.04. The zero-order chi connectivity index (χ0) is 12.6. The average molecular weight is 329 g/mol. The van der Waals surface area contributed by atoms with Crippen LogP contribution in [0.3, 0.4) is 0 Å². The van der Waals surface area contributed by atoms with Crippen LogP contribution in [0.25, 0.3) is 0 Å². The van der Waals surface area contributed by atoms with Crippen LogP contribution in [0, 0.1) is 0 Å². The predicted molar refractivity (Wildman–Crippen MR) is 72.7 cm³/mol. The number of halogens is 2. The summed E-state index contributed by atoms with van der Waals surface area (Å²) in [5.74, 6) is 0.594. The molecular formula is C11H11BrClN5. The van der Waals surface area contributed by atoms with Gasteiger partial charge in [-0.05, 0) is 28.8 Å². The van der Waals surface area contributed by atoms with Crippen molar-refractivity contribution in [2.75, 3.05) is 11.9 Å². The van der Waals surface area contributed by atoms with Crippen LogP contribution < -0.4 is 5.32 Å². The van der Waals surface area contributed by atoms with Gasteiger partial charge in [0, 0.05) is 12.7 Å². The molecule has 0 aliphatic heterocycles. The van der Waals surface area contributed by atoms with Gasteiger partial charge in [-0.15, -0.1) is 0 Å². The van der Waals surface area contributed by atoms with Gasteiger partial charge in [0.1, 0.15) is 0 Å². The van der Waals surface area contributed by atoms with Crippen molar-refractivity contribution in [3.63, 3.8) is 0 Å². The molecule has 1 aliphatic carbocycles. The largest absolute Gasteiger partial charge is 0.352 e. The first-order chi connectivity index (χ1) is 8.68. The summed E-state index contributed by atoms with van der Waals surface area (Å²) in [6.07, 6.45) is 9.20. The van der Waals surface area contributed by atoms with Gasteiger partial charge in [-0.1, -0.05) is 11.6 Å². The smallest absolute Gasteiger partial charge is 0.222 e. The van der Waals surface area contributed by atoms with Gasteiger partial charge < -0.3 is 5.32 Å². The zero-order valence-electron chi connectivity index (χ0n) is 9.48. The predicted octanol–water partition coefficient (Wildman–Crippen LogP) is 2.69. The molecule has 0 radical (unpaired) electrons. The molecule has 0 bridgehead atoms. The highest BCUT2D eigenvalue weighted by atomic mass is 79.9. The number of hydrogen-bond acceptors (Lipinski definition) is 4. The third kappa shape index (κ3) is 2.35. The molecule has 7 heteroatoms. The lowest BCUT2D eigenvalue weighted by atomic mass is 10.3. The summed E-state index contributed by atoms with van der Waals surface area (Å²) in [7, 11) is 0. The lowest BCUT2D eigenvalue weighted by Crippen LogP contribution is -2.27. The second-order valence-corrected chi connectivity index (χ2v) is 5.76. The quantitative estimate of drug-likeness (QED) is 0.937. The van der Waals surface area contributed by atoms with E-state index < -0.39 is 0 Å². The molecule has 0 saturated heterocycles. The molecule has 1 saturated carbocycles. The van der Waals surface area contributed by atoms with E-state index in [2.05, 4.69) is 36.3 Å². The fraction of sp³-hybridized carbons (Fsp3) is 0.364. The van der Waals surface area contributed by atoms with E-state index in [1.165, 1.54) is 0 Å². The highest BCUT2D eigenvalue weighted by Gasteiger charge is 2.45. The monoisotopic (exact) mass is 327 g/mol. The van der Waals surface area contributed by atoms with Crippen LogP contribution in [-0.2, 0) is 5.54 Å². The van der Waals surface area contributed by atoms with Crippen LogP contribution in [0.5, 0.6) is 0 Å². The molecule has 0 spiro atoms. The van der Waals surface area contributed by atoms with Crippen molar-refractivity contribution in [3.8, 4) is 0 Å². The maximum Gasteiger partial charge on any atom is 0.222 e. The third-order valence-electron chi connectivity index (χ3n) is 3.06. The summed E-state index contributed by atoms with van der Waals surface area (Å²) in [5.41, 5.74) is 0.0645. The van der Waals surface area contributed by atoms with E-state index in [9.17, 15) is 0 Å². The highest BCUT2D eigenvalue weighted by Crippen LogP contribution is 2.43. The van der Waals surface area contributed by atoms with E-state index >= 15 is 0 Å². The standard InChI is InChI=1S/C11H11BrClN5/c12-8-3-17-18(6-8)11(1-2-11)7-16-10-14-4-9(13)5-15-10/h3-6H,1-2,7H2,(H,14,15,16). The number of hydrogen-bond donors (Lipinski definition) is 1. The third-order valence-corrected chi connectivity index (χ3v) is 3.66. The molecule has 1 aliphatic rings. The Morgan fingerprint density at radius 3 is 2.61 bits per heavy atom. The summed E-state index contributed by atoms with van der Waals surface area (Å²) in [5, 5.41) is 8.11. The fourth-order valence-corrected chi connectivity index (χ4v) is 2.22. The molecular weight excluding hydrogens is 318 g/mol. The lowest BCUT2D eigenvalue weighted by molar-refractivity contribution is 0.452. The van der Waals surface area contributed by atoms with Crippen LogP contribution in [0.15, 0.2) is 29.3 Å². The first kappa shape index (κ1) is 11.9. The van der Waals surface area contributed by atoms with Gasteiger partial charge in [-0.2, -0.15) is 5.10 Å². The molecule has 2 aromatic rings. The van der Waals surface area contributed by atoms with E-state index in [-0.39, 0.29) is 5.54 Å². The van der Waals surface area contributed by atoms with Crippen molar-refractivity contribution in [2.45, 2.75) is 18.4 Å². The van der Waals surface area contributed by atoms with E-state index in [4.69, 9.17) is 11.6 Å². The van der Waals surface area contributed by atoms with E-state index in [1.54, 1.807) is 18.6 Å². The number of aromatic nitrogens is 4. The summed E-state index contributed by atoms with van der Waals surface area (Å²) in [4.78, 5) is 8.23. The molecule has 2 aromatic heterocycles. The van der Waals surface area contributed by atoms with E-state index in [0.29, 0.717) is 11.0 Å². The second-order valence-electron chi connectivity index (χ2n) is 4.41. The molecule has 0 unspecified atom stereocenters. The Hall–Kier alpha value is -1.14. The van der Waals surface area contributed by atoms with Gasteiger partial charge in [0.2, 0.25) is 5.95 Å². The second kappa shape index (κ2) is 4.51. The molecule has 18 heavy (non-hydrogen) atoms. The SMILES string of the molecule is Clc1cnc(NCC2(n3cc(Br)cn3)CC2)nc1. The molecule has 0 amide bonds. The summed E-state index contributed by atoms with van der Waals surface area (Å²) in [6.45, 7) is 0.767. The molecule has 0 atom stereocenters. The van der Waals surface area contributed by atoms with Crippen LogP contribution >= 0.6 is 27.5 Å². The van der Waals surface area contributed by atoms with Gasteiger partial charge in [-0.25, -0.2) is 9.97 Å². The van der Waals surface area contributed by atoms with Crippen molar-refractivity contribution >= 4 is 33.5 Å². The Morgan fingerprint density at radius 1 is 1.33 bits per heavy atom. The summed E-state index contributed by atoms with van der Waals surface area (Å²) < 4.78 is 3.00. The Bertz CT molecular complexity index is 549. The summed E-state index contributed by atoms with van der Waals surface area (Å²) in [6, 6.07) is 0. The van der Waals surface area contributed by atoms with Gasteiger partial charge in [0.15, 0.2) is 0 Å². The van der Waals surface area contributed by atoms with Crippen molar-refractivity contribution in [3.05, 3.63) is 34.3 Å².